The fourth-order valence-electron chi connectivity index (χ4n) is 4.03. The lowest BCUT2D eigenvalue weighted by Gasteiger charge is -2.30. The molecule has 1 aromatic heterocycles. The van der Waals surface area contributed by atoms with Crippen LogP contribution in [0.4, 0.5) is 4.79 Å². The molecule has 0 bridgehead atoms. The van der Waals surface area contributed by atoms with Crippen molar-refractivity contribution < 1.29 is 14.4 Å². The van der Waals surface area contributed by atoms with E-state index in [0.29, 0.717) is 29.8 Å². The lowest BCUT2D eigenvalue weighted by atomic mass is 9.82. The number of urea groups is 1. The molecule has 146 valence electrons. The maximum absolute atomic E-state index is 12.8. The van der Waals surface area contributed by atoms with E-state index in [9.17, 15) is 14.4 Å². The molecule has 29 heavy (non-hydrogen) atoms. The minimum Gasteiger partial charge on any atom is -0.323 e. The number of imide groups is 1. The number of pyridine rings is 1. The van der Waals surface area contributed by atoms with E-state index < -0.39 is 11.6 Å². The van der Waals surface area contributed by atoms with Crippen LogP contribution in [-0.4, -0.2) is 39.7 Å². The molecule has 1 aromatic carbocycles. The van der Waals surface area contributed by atoms with Crippen LogP contribution in [0.15, 0.2) is 42.5 Å². The average Bonchev–Trinajstić information content (AvgIpc) is 2.98. The van der Waals surface area contributed by atoms with E-state index in [1.807, 2.05) is 6.07 Å². The van der Waals surface area contributed by atoms with Crippen molar-refractivity contribution in [1.29, 1.82) is 5.26 Å². The molecular weight excluding hydrogens is 368 g/mol. The minimum absolute atomic E-state index is 0.270. The topological polar surface area (TPSA) is 103 Å². The number of nitrogens with zero attached hydrogens (tertiary/aromatic N) is 3. The van der Waals surface area contributed by atoms with Gasteiger partial charge in [0.15, 0.2) is 5.78 Å². The van der Waals surface area contributed by atoms with Gasteiger partial charge in [0.1, 0.15) is 17.3 Å². The molecule has 0 radical (unpaired) electrons. The first-order valence-electron chi connectivity index (χ1n) is 9.67. The first kappa shape index (κ1) is 18.8. The second-order valence-electron chi connectivity index (χ2n) is 7.48. The van der Waals surface area contributed by atoms with Gasteiger partial charge in [-0.1, -0.05) is 49.6 Å². The quantitative estimate of drug-likeness (QED) is 0.640. The van der Waals surface area contributed by atoms with Crippen LogP contribution < -0.4 is 5.32 Å². The zero-order valence-electron chi connectivity index (χ0n) is 15.9. The number of benzene rings is 1. The molecule has 7 nitrogen and oxygen atoms in total. The van der Waals surface area contributed by atoms with Crippen molar-refractivity contribution in [3.8, 4) is 17.3 Å². The zero-order chi connectivity index (χ0) is 20.4. The summed E-state index contributed by atoms with van der Waals surface area (Å²) in [5, 5.41) is 11.8. The Hall–Kier alpha value is -3.53. The normalized spacial score (nSPS) is 17.8. The number of aromatic nitrogens is 1. The standard InChI is InChI=1S/C22H20N4O3/c23-13-17-5-4-6-18(24-17)15-7-9-16(10-8-15)19(27)14-26-20(28)22(25-21(26)29)11-2-1-3-12-22/h4-10H,1-3,11-12,14H2,(H,25,29). The van der Waals surface area contributed by atoms with Gasteiger partial charge in [-0.2, -0.15) is 5.26 Å². The molecule has 1 spiro atoms. The number of ketones is 1. The van der Waals surface area contributed by atoms with Crippen LogP contribution >= 0.6 is 0 Å². The van der Waals surface area contributed by atoms with Crippen LogP contribution in [0.25, 0.3) is 11.3 Å². The number of Topliss-reactive ketones (excluding diaryl/α,β-unsaturated/α-hetero) is 1. The molecule has 1 aliphatic heterocycles. The molecule has 2 aliphatic rings. The van der Waals surface area contributed by atoms with E-state index in [-0.39, 0.29) is 18.2 Å². The third kappa shape index (κ3) is 3.49. The Balaban J connectivity index is 1.48. The molecule has 3 amide bonds. The van der Waals surface area contributed by atoms with Crippen molar-refractivity contribution in [3.63, 3.8) is 0 Å². The lowest BCUT2D eigenvalue weighted by molar-refractivity contribution is -0.132. The summed E-state index contributed by atoms with van der Waals surface area (Å²) >= 11 is 0. The molecule has 2 fully saturated rings. The fourth-order valence-corrected chi connectivity index (χ4v) is 4.03. The number of amides is 3. The molecular formula is C22H20N4O3. The van der Waals surface area contributed by atoms with Gasteiger partial charge in [0.25, 0.3) is 5.91 Å². The molecule has 1 saturated carbocycles. The minimum atomic E-state index is -0.823. The molecule has 0 unspecified atom stereocenters. The highest BCUT2D eigenvalue weighted by atomic mass is 16.2. The summed E-state index contributed by atoms with van der Waals surface area (Å²) < 4.78 is 0. The Labute approximate surface area is 168 Å². The predicted octanol–water partition coefficient (Wildman–Crippen LogP) is 3.06. The first-order chi connectivity index (χ1) is 14.0. The first-order valence-corrected chi connectivity index (χ1v) is 9.67. The largest absolute Gasteiger partial charge is 0.325 e. The molecule has 1 saturated heterocycles. The van der Waals surface area contributed by atoms with E-state index in [1.54, 1.807) is 42.5 Å². The molecule has 0 atom stereocenters. The smallest absolute Gasteiger partial charge is 0.323 e. The van der Waals surface area contributed by atoms with Crippen molar-refractivity contribution in [2.45, 2.75) is 37.6 Å². The van der Waals surface area contributed by atoms with Crippen molar-refractivity contribution in [3.05, 3.63) is 53.7 Å². The van der Waals surface area contributed by atoms with Crippen LogP contribution in [0.3, 0.4) is 0 Å². The summed E-state index contributed by atoms with van der Waals surface area (Å²) in [4.78, 5) is 43.1. The van der Waals surface area contributed by atoms with Gasteiger partial charge in [-0.25, -0.2) is 9.78 Å². The predicted molar refractivity (Wildman–Crippen MR) is 105 cm³/mol. The maximum atomic E-state index is 12.8. The SMILES string of the molecule is N#Cc1cccc(-c2ccc(C(=O)CN3C(=O)NC4(CCCCC4)C3=O)cc2)n1. The number of carbonyl (C=O) groups excluding carboxylic acids is 3. The number of hydrogen-bond donors (Lipinski definition) is 1. The van der Waals surface area contributed by atoms with E-state index in [0.717, 1.165) is 29.7 Å². The third-order valence-electron chi connectivity index (χ3n) is 5.62. The summed E-state index contributed by atoms with van der Waals surface area (Å²) in [6, 6.07) is 13.4. The molecule has 4 rings (SSSR count). The van der Waals surface area contributed by atoms with Gasteiger partial charge in [-0.3, -0.25) is 14.5 Å². The van der Waals surface area contributed by atoms with Gasteiger partial charge in [0.2, 0.25) is 0 Å². The Bertz CT molecular complexity index is 1020. The highest BCUT2D eigenvalue weighted by Crippen LogP contribution is 2.33. The highest BCUT2D eigenvalue weighted by molar-refractivity contribution is 6.11. The number of hydrogen-bond acceptors (Lipinski definition) is 5. The molecule has 2 aromatic rings. The van der Waals surface area contributed by atoms with Crippen molar-refractivity contribution in [2.24, 2.45) is 0 Å². The van der Waals surface area contributed by atoms with Gasteiger partial charge in [0.05, 0.1) is 12.2 Å². The highest BCUT2D eigenvalue weighted by Gasteiger charge is 2.51. The summed E-state index contributed by atoms with van der Waals surface area (Å²) in [5.41, 5.74) is 1.32. The van der Waals surface area contributed by atoms with E-state index in [1.165, 1.54) is 0 Å². The number of carbonyl (C=O) groups is 3. The van der Waals surface area contributed by atoms with Gasteiger partial charge >= 0.3 is 6.03 Å². The zero-order valence-corrected chi connectivity index (χ0v) is 15.9. The van der Waals surface area contributed by atoms with Crippen molar-refractivity contribution in [2.75, 3.05) is 6.54 Å². The molecule has 2 heterocycles. The number of nitriles is 1. The van der Waals surface area contributed by atoms with Gasteiger partial charge in [-0.05, 0) is 25.0 Å². The number of rotatable bonds is 4. The number of nitrogens with one attached hydrogen (secondary N) is 1. The van der Waals surface area contributed by atoms with E-state index >= 15 is 0 Å². The summed E-state index contributed by atoms with van der Waals surface area (Å²) in [6.45, 7) is -0.270. The maximum Gasteiger partial charge on any atom is 0.325 e. The van der Waals surface area contributed by atoms with E-state index in [2.05, 4.69) is 10.3 Å². The fraction of sp³-hybridized carbons (Fsp3) is 0.318. The summed E-state index contributed by atoms with van der Waals surface area (Å²) in [7, 11) is 0. The Morgan fingerprint density at radius 1 is 1.10 bits per heavy atom. The van der Waals surface area contributed by atoms with Gasteiger partial charge in [0, 0.05) is 11.1 Å². The summed E-state index contributed by atoms with van der Waals surface area (Å²) in [5.74, 6) is -0.587. The Kier molecular flexibility index (Phi) is 4.85. The molecule has 1 aliphatic carbocycles. The van der Waals surface area contributed by atoms with Crippen LogP contribution in [0.5, 0.6) is 0 Å². The van der Waals surface area contributed by atoms with Crippen LogP contribution in [0.2, 0.25) is 0 Å². The molecule has 7 heteroatoms. The Morgan fingerprint density at radius 2 is 1.83 bits per heavy atom. The van der Waals surface area contributed by atoms with Crippen LogP contribution in [0.1, 0.15) is 48.2 Å². The van der Waals surface area contributed by atoms with Crippen LogP contribution in [-0.2, 0) is 4.79 Å². The van der Waals surface area contributed by atoms with Gasteiger partial charge in [-0.15, -0.1) is 0 Å². The monoisotopic (exact) mass is 388 g/mol. The van der Waals surface area contributed by atoms with Crippen LogP contribution in [0, 0.1) is 11.3 Å². The lowest BCUT2D eigenvalue weighted by Crippen LogP contribution is -2.48. The summed E-state index contributed by atoms with van der Waals surface area (Å²) in [6.07, 6.45) is 4.12. The van der Waals surface area contributed by atoms with Crippen molar-refractivity contribution >= 4 is 17.7 Å². The second-order valence-corrected chi connectivity index (χ2v) is 7.48. The second kappa shape index (κ2) is 7.47. The van der Waals surface area contributed by atoms with Gasteiger partial charge < -0.3 is 5.32 Å². The van der Waals surface area contributed by atoms with Crippen molar-refractivity contribution in [1.82, 2.24) is 15.2 Å². The average molecular weight is 388 g/mol. The molecule has 1 N–H and O–H groups in total. The Morgan fingerprint density at radius 3 is 2.52 bits per heavy atom. The van der Waals surface area contributed by atoms with E-state index in [4.69, 9.17) is 5.26 Å². The third-order valence-corrected chi connectivity index (χ3v) is 5.62.